The average Bonchev–Trinajstić information content (AvgIpc) is 1.41. The van der Waals surface area contributed by atoms with Gasteiger partial charge in [-0.25, -0.2) is 0 Å². The van der Waals surface area contributed by atoms with Crippen LogP contribution in [0.3, 0.4) is 0 Å². The first-order valence-corrected chi connectivity index (χ1v) is 5.74. The van der Waals surface area contributed by atoms with Crippen LogP contribution in [0.4, 0.5) is 0 Å². The Bertz CT molecular complexity index is 12.4. The van der Waals surface area contributed by atoms with Gasteiger partial charge in [0.1, 0.15) is 0 Å². The van der Waals surface area contributed by atoms with Gasteiger partial charge in [-0.15, -0.1) is 0 Å². The van der Waals surface area contributed by atoms with E-state index in [0.717, 1.165) is 0 Å². The van der Waals surface area contributed by atoms with Crippen LogP contribution in [-0.2, 0) is 0 Å². The van der Waals surface area contributed by atoms with Crippen molar-refractivity contribution in [2.75, 3.05) is 0 Å². The number of hydrogen-bond donors (Lipinski definition) is 0. The van der Waals surface area contributed by atoms with Crippen molar-refractivity contribution in [3.8, 4) is 0 Å². The molecule has 0 heterocycles. The topological polar surface area (TPSA) is 0 Å². The molecular formula is C3H6Sn2. The standard InChI is InChI=1S/C3H6.2Sn/c1-3-2;;/h1-3H2;;. The van der Waals surface area contributed by atoms with E-state index in [4.69, 9.17) is 0 Å². The van der Waals surface area contributed by atoms with Crippen molar-refractivity contribution in [2.45, 2.75) is 15.3 Å². The van der Waals surface area contributed by atoms with Crippen LogP contribution in [0.5, 0.6) is 0 Å². The van der Waals surface area contributed by atoms with Crippen molar-refractivity contribution in [1.82, 2.24) is 0 Å². The summed E-state index contributed by atoms with van der Waals surface area (Å²) in [5, 5.41) is 0. The predicted octanol–water partition coefficient (Wildman–Crippen LogP) is 0.550. The molecule has 0 aromatic heterocycles. The molecule has 0 fully saturated rings. The molecular weight excluding hydrogens is 273 g/mol. The quantitative estimate of drug-likeness (QED) is 0.648. The van der Waals surface area contributed by atoms with Crippen LogP contribution in [0, 0.1) is 0 Å². The van der Waals surface area contributed by atoms with Crippen molar-refractivity contribution in [3.63, 3.8) is 0 Å². The normalized spacial score (nSPS) is 8.40. The van der Waals surface area contributed by atoms with Gasteiger partial charge in [0.2, 0.25) is 0 Å². The maximum absolute atomic E-state index is 1.70. The second kappa shape index (κ2) is 5.60. The summed E-state index contributed by atoms with van der Waals surface area (Å²) in [4.78, 5) is 0. The fourth-order valence-electron chi connectivity index (χ4n) is 0.0884. The summed E-state index contributed by atoms with van der Waals surface area (Å²) in [5.74, 6) is 0. The predicted molar refractivity (Wildman–Crippen MR) is 25.7 cm³/mol. The van der Waals surface area contributed by atoms with Gasteiger partial charge in [0.05, 0.1) is 0 Å². The molecule has 0 saturated heterocycles. The van der Waals surface area contributed by atoms with Crippen LogP contribution in [-0.4, -0.2) is 45.0 Å². The van der Waals surface area contributed by atoms with Crippen LogP contribution in [0.1, 0.15) is 6.42 Å². The molecule has 0 unspecified atom stereocenters. The molecule has 0 nitrogen and oxygen atoms in total. The summed E-state index contributed by atoms with van der Waals surface area (Å²) in [6.45, 7) is 0. The summed E-state index contributed by atoms with van der Waals surface area (Å²) >= 11 is 3.40. The number of hydrogen-bond acceptors (Lipinski definition) is 0. The van der Waals surface area contributed by atoms with E-state index in [1.165, 1.54) is 15.3 Å². The third-order valence-electron chi connectivity index (χ3n) is 0.354. The molecule has 0 atom stereocenters. The summed E-state index contributed by atoms with van der Waals surface area (Å²) in [6, 6.07) is 0. The van der Waals surface area contributed by atoms with Gasteiger partial charge < -0.3 is 0 Å². The summed E-state index contributed by atoms with van der Waals surface area (Å²) in [6.07, 6.45) is 1.47. The van der Waals surface area contributed by atoms with Gasteiger partial charge in [0.15, 0.2) is 0 Å². The summed E-state index contributed by atoms with van der Waals surface area (Å²) < 4.78 is 2.91. The first-order chi connectivity index (χ1) is 2.41. The second-order valence-corrected chi connectivity index (χ2v) is 3.71. The van der Waals surface area contributed by atoms with E-state index in [9.17, 15) is 0 Å². The van der Waals surface area contributed by atoms with Crippen LogP contribution in [0.15, 0.2) is 0 Å². The third-order valence-corrected chi connectivity index (χ3v) is 2.37. The Morgan fingerprint density at radius 3 is 1.40 bits per heavy atom. The molecule has 0 aliphatic carbocycles. The van der Waals surface area contributed by atoms with Crippen LogP contribution >= 0.6 is 0 Å². The van der Waals surface area contributed by atoms with Crippen molar-refractivity contribution >= 4 is 45.0 Å². The van der Waals surface area contributed by atoms with E-state index in [2.05, 4.69) is 0 Å². The minimum atomic E-state index is 1.46. The Kier molecular flexibility index (Phi) is 7.39. The molecule has 0 amide bonds. The molecule has 0 aromatic carbocycles. The van der Waals surface area contributed by atoms with E-state index >= 15 is 0 Å². The van der Waals surface area contributed by atoms with Gasteiger partial charge in [-0.05, 0) is 0 Å². The average molecular weight is 280 g/mol. The molecule has 0 aliphatic rings. The first-order valence-electron chi connectivity index (χ1n) is 1.71. The molecule has 2 heteroatoms. The third kappa shape index (κ3) is 5.60. The minimum absolute atomic E-state index is 1.46. The first kappa shape index (κ1) is 6.60. The number of rotatable bonds is 2. The molecule has 0 aromatic rings. The maximum atomic E-state index is 1.70. The Hall–Kier alpha value is 1.60. The SMILES string of the molecule is [Sn][CH2]C[CH2][Sn]. The van der Waals surface area contributed by atoms with Crippen molar-refractivity contribution in [3.05, 3.63) is 0 Å². The second-order valence-electron chi connectivity index (χ2n) is 0.854. The van der Waals surface area contributed by atoms with E-state index in [1.54, 1.807) is 45.0 Å². The molecule has 0 aliphatic heterocycles. The fourth-order valence-corrected chi connectivity index (χ4v) is 3.98. The zero-order valence-corrected chi connectivity index (χ0v) is 8.83. The van der Waals surface area contributed by atoms with Gasteiger partial charge in [-0.2, -0.15) is 0 Å². The van der Waals surface area contributed by atoms with E-state index in [-0.39, 0.29) is 0 Å². The van der Waals surface area contributed by atoms with Crippen LogP contribution in [0.25, 0.3) is 0 Å². The van der Waals surface area contributed by atoms with Crippen LogP contribution < -0.4 is 0 Å². The van der Waals surface area contributed by atoms with Gasteiger partial charge in [0, 0.05) is 0 Å². The van der Waals surface area contributed by atoms with Crippen molar-refractivity contribution < 1.29 is 0 Å². The monoisotopic (exact) mass is 282 g/mol. The zero-order chi connectivity index (χ0) is 4.12. The van der Waals surface area contributed by atoms with Crippen molar-refractivity contribution in [2.24, 2.45) is 0 Å². The molecule has 6 radical (unpaired) electrons. The van der Waals surface area contributed by atoms with E-state index in [1.807, 2.05) is 0 Å². The Balaban J connectivity index is 2.19. The van der Waals surface area contributed by atoms with Gasteiger partial charge >= 0.3 is 60.3 Å². The molecule has 0 rings (SSSR count). The van der Waals surface area contributed by atoms with Crippen molar-refractivity contribution in [1.29, 1.82) is 0 Å². The Labute approximate surface area is 59.9 Å². The molecule has 0 saturated carbocycles. The molecule has 0 N–H and O–H groups in total. The van der Waals surface area contributed by atoms with E-state index in [0.29, 0.717) is 0 Å². The Morgan fingerprint density at radius 1 is 1.00 bits per heavy atom. The molecule has 0 spiro atoms. The van der Waals surface area contributed by atoms with Gasteiger partial charge in [-0.3, -0.25) is 0 Å². The molecule has 0 bridgehead atoms. The van der Waals surface area contributed by atoms with Gasteiger partial charge in [0.25, 0.3) is 0 Å². The molecule has 5 heavy (non-hydrogen) atoms. The Morgan fingerprint density at radius 2 is 1.40 bits per heavy atom. The zero-order valence-electron chi connectivity index (χ0n) is 3.12. The van der Waals surface area contributed by atoms with Gasteiger partial charge in [-0.1, -0.05) is 0 Å². The van der Waals surface area contributed by atoms with Crippen LogP contribution in [0.2, 0.25) is 8.87 Å². The molecule has 26 valence electrons. The summed E-state index contributed by atoms with van der Waals surface area (Å²) in [7, 11) is 0. The van der Waals surface area contributed by atoms with E-state index < -0.39 is 0 Å². The summed E-state index contributed by atoms with van der Waals surface area (Å²) in [5.41, 5.74) is 0. The fraction of sp³-hybridized carbons (Fsp3) is 1.00.